The van der Waals surface area contributed by atoms with Gasteiger partial charge in [-0.25, -0.2) is 23.4 Å². The lowest BCUT2D eigenvalue weighted by molar-refractivity contribution is 0.122. The zero-order chi connectivity index (χ0) is 20.7. The molecule has 2 aromatic heterocycles. The Labute approximate surface area is 173 Å². The number of hydrogen-bond acceptors (Lipinski definition) is 6. The smallest absolute Gasteiger partial charge is 0.246 e. The number of morpholine rings is 1. The van der Waals surface area contributed by atoms with Crippen LogP contribution < -0.4 is 15.9 Å². The number of aromatic nitrogens is 4. The highest BCUT2D eigenvalue weighted by molar-refractivity contribution is 6.29. The average molecular weight is 410 g/mol. The molecule has 10 heteroatoms. The van der Waals surface area contributed by atoms with Crippen LogP contribution in [-0.4, -0.2) is 53.9 Å². The van der Waals surface area contributed by atoms with Crippen molar-refractivity contribution in [1.82, 2.24) is 19.7 Å². The van der Waals surface area contributed by atoms with Gasteiger partial charge >= 0.3 is 0 Å². The topological polar surface area (TPSA) is 68.1 Å². The summed E-state index contributed by atoms with van der Waals surface area (Å²) < 4.78 is 34.1. The maximum Gasteiger partial charge on any atom is 0.246 e. The van der Waals surface area contributed by atoms with Gasteiger partial charge in [-0.2, -0.15) is 0 Å². The van der Waals surface area contributed by atoms with Gasteiger partial charge in [0.15, 0.2) is 7.85 Å². The molecule has 1 saturated heterocycles. The van der Waals surface area contributed by atoms with Crippen molar-refractivity contribution in [3.8, 4) is 5.69 Å². The third-order valence-electron chi connectivity index (χ3n) is 5.28. The van der Waals surface area contributed by atoms with E-state index < -0.39 is 11.6 Å². The predicted molar refractivity (Wildman–Crippen MR) is 112 cm³/mol. The van der Waals surface area contributed by atoms with Crippen molar-refractivity contribution in [1.29, 1.82) is 0 Å². The number of ether oxygens (including phenoxy) is 1. The van der Waals surface area contributed by atoms with E-state index in [9.17, 15) is 8.78 Å². The number of nitrogens with one attached hydrogen (secondary N) is 1. The molecule has 1 aromatic carbocycles. The normalized spacial score (nSPS) is 16.7. The van der Waals surface area contributed by atoms with E-state index in [1.165, 1.54) is 16.8 Å². The van der Waals surface area contributed by atoms with Crippen LogP contribution in [0.4, 0.5) is 26.2 Å². The Hall–Kier alpha value is -3.01. The van der Waals surface area contributed by atoms with Crippen molar-refractivity contribution in [3.63, 3.8) is 0 Å². The Morgan fingerprint density at radius 3 is 2.43 bits per heavy atom. The lowest BCUT2D eigenvalue weighted by atomic mass is 10.1. The van der Waals surface area contributed by atoms with E-state index in [4.69, 9.17) is 9.72 Å². The molecule has 3 aromatic rings. The van der Waals surface area contributed by atoms with E-state index in [0.29, 0.717) is 30.8 Å². The van der Waals surface area contributed by atoms with Gasteiger partial charge in [-0.05, 0) is 31.0 Å². The molecular weight excluding hydrogens is 389 g/mol. The maximum atomic E-state index is 13.6. The molecule has 30 heavy (non-hydrogen) atoms. The second kappa shape index (κ2) is 7.68. The van der Waals surface area contributed by atoms with Crippen LogP contribution in [0.25, 0.3) is 5.69 Å². The zero-order valence-electron chi connectivity index (χ0n) is 16.6. The first-order valence-electron chi connectivity index (χ1n) is 10.1. The molecule has 1 N–H and O–H groups in total. The largest absolute Gasteiger partial charge is 0.378 e. The van der Waals surface area contributed by atoms with E-state index >= 15 is 0 Å². The van der Waals surface area contributed by atoms with Crippen molar-refractivity contribution < 1.29 is 13.5 Å². The fraction of sp³-hybridized carbons (Fsp3) is 0.350. The number of pyridine rings is 1. The minimum absolute atomic E-state index is 0.285. The number of hydrogen-bond donors (Lipinski definition) is 1. The summed E-state index contributed by atoms with van der Waals surface area (Å²) in [5, 5.41) is 7.64. The van der Waals surface area contributed by atoms with Crippen LogP contribution in [0.5, 0.6) is 0 Å². The van der Waals surface area contributed by atoms with E-state index in [-0.39, 0.29) is 5.69 Å². The lowest BCUT2D eigenvalue weighted by Gasteiger charge is -2.28. The number of rotatable bonds is 5. The molecule has 3 heterocycles. The summed E-state index contributed by atoms with van der Waals surface area (Å²) >= 11 is 0. The molecule has 1 aliphatic carbocycles. The monoisotopic (exact) mass is 410 g/mol. The van der Waals surface area contributed by atoms with Gasteiger partial charge in [0.2, 0.25) is 5.95 Å². The average Bonchev–Trinajstić information content (AvgIpc) is 3.51. The summed E-state index contributed by atoms with van der Waals surface area (Å²) in [6.07, 6.45) is 2.30. The van der Waals surface area contributed by atoms with Crippen molar-refractivity contribution in [3.05, 3.63) is 47.7 Å². The molecule has 0 atom stereocenters. The molecule has 1 saturated carbocycles. The van der Waals surface area contributed by atoms with Gasteiger partial charge in [0, 0.05) is 42.5 Å². The van der Waals surface area contributed by atoms with Crippen LogP contribution in [0.2, 0.25) is 0 Å². The van der Waals surface area contributed by atoms with Gasteiger partial charge in [-0.3, -0.25) is 0 Å². The van der Waals surface area contributed by atoms with Crippen molar-refractivity contribution in [2.45, 2.75) is 18.8 Å². The first-order valence-corrected chi connectivity index (χ1v) is 10.1. The van der Waals surface area contributed by atoms with Crippen LogP contribution in [0.3, 0.4) is 0 Å². The molecule has 2 aliphatic rings. The van der Waals surface area contributed by atoms with E-state index in [1.807, 2.05) is 12.1 Å². The first kappa shape index (κ1) is 19.0. The standard InChI is InChI=1S/C20H21BF2N6O/c21-19-26-20(27-29(19)16-8-13(22)7-14(23)9-16)24-15-10-17(12-1-2-12)25-18(11-15)28-3-5-30-6-4-28/h7-12H,1-6,21H2,(H,24,25,27). The molecule has 0 bridgehead atoms. The lowest BCUT2D eigenvalue weighted by Crippen LogP contribution is -2.36. The molecule has 7 nitrogen and oxygen atoms in total. The second-order valence-electron chi connectivity index (χ2n) is 7.66. The summed E-state index contributed by atoms with van der Waals surface area (Å²) in [6, 6.07) is 7.29. The first-order chi connectivity index (χ1) is 14.5. The van der Waals surface area contributed by atoms with E-state index in [0.717, 1.165) is 49.2 Å². The quantitative estimate of drug-likeness (QED) is 0.646. The van der Waals surface area contributed by atoms with Gasteiger partial charge in [0.05, 0.1) is 24.6 Å². The molecular formula is C20H21BF2N6O. The number of nitrogens with zero attached hydrogens (tertiary/aromatic N) is 5. The number of anilines is 3. The molecule has 0 unspecified atom stereocenters. The third kappa shape index (κ3) is 4.00. The fourth-order valence-corrected chi connectivity index (χ4v) is 3.63. The van der Waals surface area contributed by atoms with Gasteiger partial charge in [-0.1, -0.05) is 0 Å². The zero-order valence-corrected chi connectivity index (χ0v) is 16.6. The van der Waals surface area contributed by atoms with E-state index in [1.54, 1.807) is 7.85 Å². The third-order valence-corrected chi connectivity index (χ3v) is 5.28. The van der Waals surface area contributed by atoms with Crippen molar-refractivity contribution in [2.75, 3.05) is 36.5 Å². The van der Waals surface area contributed by atoms with Crippen LogP contribution in [0.15, 0.2) is 30.3 Å². The Bertz CT molecular complexity index is 1060. The predicted octanol–water partition coefficient (Wildman–Crippen LogP) is 1.66. The number of halogens is 2. The summed E-state index contributed by atoms with van der Waals surface area (Å²) in [4.78, 5) is 11.5. The highest BCUT2D eigenvalue weighted by Gasteiger charge is 2.27. The van der Waals surface area contributed by atoms with Crippen LogP contribution in [0, 0.1) is 11.6 Å². The minimum atomic E-state index is -0.659. The minimum Gasteiger partial charge on any atom is -0.378 e. The van der Waals surface area contributed by atoms with Gasteiger partial charge in [-0.15, -0.1) is 5.10 Å². The highest BCUT2D eigenvalue weighted by Crippen LogP contribution is 2.41. The highest BCUT2D eigenvalue weighted by atomic mass is 19.1. The van der Waals surface area contributed by atoms with E-state index in [2.05, 4.69) is 20.3 Å². The van der Waals surface area contributed by atoms with Gasteiger partial charge in [0.1, 0.15) is 17.5 Å². The molecule has 5 rings (SSSR count). The summed E-state index contributed by atoms with van der Waals surface area (Å²) in [6.45, 7) is 2.98. The second-order valence-corrected chi connectivity index (χ2v) is 7.66. The summed E-state index contributed by atoms with van der Waals surface area (Å²) in [5.74, 6) is 0.446. The molecule has 2 fully saturated rings. The van der Waals surface area contributed by atoms with Crippen LogP contribution >= 0.6 is 0 Å². The summed E-state index contributed by atoms with van der Waals surface area (Å²) in [5.41, 5.74) is 2.71. The van der Waals surface area contributed by atoms with Crippen molar-refractivity contribution >= 4 is 31.0 Å². The van der Waals surface area contributed by atoms with Crippen LogP contribution in [0.1, 0.15) is 24.5 Å². The number of benzene rings is 1. The van der Waals surface area contributed by atoms with Crippen molar-refractivity contribution in [2.24, 2.45) is 0 Å². The molecule has 0 spiro atoms. The molecule has 154 valence electrons. The molecule has 0 radical (unpaired) electrons. The molecule has 0 amide bonds. The van der Waals surface area contributed by atoms with Crippen LogP contribution in [-0.2, 0) is 4.74 Å². The summed E-state index contributed by atoms with van der Waals surface area (Å²) in [7, 11) is 1.74. The Balaban J connectivity index is 1.44. The van der Waals surface area contributed by atoms with Gasteiger partial charge < -0.3 is 15.0 Å². The maximum absolute atomic E-state index is 13.6. The van der Waals surface area contributed by atoms with Gasteiger partial charge in [0.25, 0.3) is 0 Å². The Morgan fingerprint density at radius 1 is 1.00 bits per heavy atom. The fourth-order valence-electron chi connectivity index (χ4n) is 3.63. The SMILES string of the molecule is Bc1nc(Nc2cc(C3CC3)nc(N3CCOCC3)c2)nn1-c1cc(F)cc(F)c1. The Morgan fingerprint density at radius 2 is 1.73 bits per heavy atom. The molecule has 1 aliphatic heterocycles. The Kier molecular flexibility index (Phi) is 4.86.